The van der Waals surface area contributed by atoms with E-state index in [0.29, 0.717) is 0 Å². The van der Waals surface area contributed by atoms with Crippen molar-refractivity contribution in [3.8, 4) is 0 Å². The molecule has 1 aromatic carbocycles. The molecule has 0 atom stereocenters. The maximum atomic E-state index is 12.4. The van der Waals surface area contributed by atoms with Crippen molar-refractivity contribution in [2.24, 2.45) is 0 Å². The van der Waals surface area contributed by atoms with Crippen LogP contribution >= 0.6 is 0 Å². The number of benzene rings is 1. The zero-order valence-electron chi connectivity index (χ0n) is 11.9. The summed E-state index contributed by atoms with van der Waals surface area (Å²) in [5.41, 5.74) is 2.24. The van der Waals surface area contributed by atoms with Gasteiger partial charge in [0.25, 0.3) is 5.91 Å². The van der Waals surface area contributed by atoms with Gasteiger partial charge in [0.15, 0.2) is 0 Å². The Morgan fingerprint density at radius 2 is 1.70 bits per heavy atom. The lowest BCUT2D eigenvalue weighted by molar-refractivity contribution is 0.0760. The number of hydrogen-bond donors (Lipinski definition) is 0. The van der Waals surface area contributed by atoms with E-state index < -0.39 is 0 Å². The summed E-state index contributed by atoms with van der Waals surface area (Å²) in [6, 6.07) is 9.58. The summed E-state index contributed by atoms with van der Waals surface area (Å²) in [5.74, 6) is 0.152. The fourth-order valence-corrected chi connectivity index (χ4v) is 3.07. The second-order valence-corrected chi connectivity index (χ2v) is 5.61. The lowest BCUT2D eigenvalue weighted by Crippen LogP contribution is -2.39. The highest BCUT2D eigenvalue weighted by Gasteiger charge is 2.21. The van der Waals surface area contributed by atoms with E-state index in [1.165, 1.54) is 38.0 Å². The van der Waals surface area contributed by atoms with Crippen molar-refractivity contribution in [1.29, 1.82) is 0 Å². The van der Waals surface area contributed by atoms with Gasteiger partial charge in [-0.15, -0.1) is 0 Å². The summed E-state index contributed by atoms with van der Waals surface area (Å²) in [4.78, 5) is 16.8. The summed E-state index contributed by atoms with van der Waals surface area (Å²) in [6.07, 6.45) is 7.23. The van der Waals surface area contributed by atoms with Gasteiger partial charge < -0.3 is 9.80 Å². The molecule has 2 heterocycles. The summed E-state index contributed by atoms with van der Waals surface area (Å²) in [7, 11) is 0. The first-order valence-corrected chi connectivity index (χ1v) is 7.63. The first-order valence-electron chi connectivity index (χ1n) is 7.63. The molecule has 1 fully saturated rings. The largest absolute Gasteiger partial charge is 0.375 e. The Kier molecular flexibility index (Phi) is 4.05. The quantitative estimate of drug-likeness (QED) is 0.825. The van der Waals surface area contributed by atoms with Crippen LogP contribution in [-0.4, -0.2) is 41.9 Å². The van der Waals surface area contributed by atoms with Crippen molar-refractivity contribution in [2.45, 2.75) is 25.7 Å². The van der Waals surface area contributed by atoms with Crippen LogP contribution in [0, 0.1) is 0 Å². The molecule has 3 rings (SSSR count). The molecule has 0 aromatic heterocycles. The van der Waals surface area contributed by atoms with E-state index in [0.717, 1.165) is 25.1 Å². The summed E-state index contributed by atoms with van der Waals surface area (Å²) < 4.78 is 0. The summed E-state index contributed by atoms with van der Waals surface area (Å²) in [6.45, 7) is 3.98. The van der Waals surface area contributed by atoms with E-state index in [9.17, 15) is 4.79 Å². The van der Waals surface area contributed by atoms with Crippen LogP contribution in [-0.2, 0) is 0 Å². The van der Waals surface area contributed by atoms with Crippen LogP contribution in [0.15, 0.2) is 42.1 Å². The maximum Gasteiger partial charge on any atom is 0.254 e. The molecule has 20 heavy (non-hydrogen) atoms. The number of nitrogens with zero attached hydrogens (tertiary/aromatic N) is 2. The van der Waals surface area contributed by atoms with Crippen molar-refractivity contribution in [3.05, 3.63) is 47.7 Å². The molecule has 2 aliphatic heterocycles. The number of piperidine rings is 1. The van der Waals surface area contributed by atoms with Crippen LogP contribution in [0.25, 0.3) is 0 Å². The van der Waals surface area contributed by atoms with E-state index in [4.69, 9.17) is 0 Å². The number of hydrogen-bond acceptors (Lipinski definition) is 2. The fourth-order valence-electron chi connectivity index (χ4n) is 3.07. The second-order valence-electron chi connectivity index (χ2n) is 5.61. The van der Waals surface area contributed by atoms with Crippen molar-refractivity contribution in [3.63, 3.8) is 0 Å². The lowest BCUT2D eigenvalue weighted by Gasteiger charge is -2.35. The lowest BCUT2D eigenvalue weighted by atomic mass is 10.1. The van der Waals surface area contributed by atoms with Crippen molar-refractivity contribution in [1.82, 2.24) is 9.80 Å². The highest BCUT2D eigenvalue weighted by atomic mass is 16.2. The van der Waals surface area contributed by atoms with Crippen LogP contribution in [0.5, 0.6) is 0 Å². The van der Waals surface area contributed by atoms with Crippen LogP contribution in [0.3, 0.4) is 0 Å². The Labute approximate surface area is 120 Å². The Bertz CT molecular complexity index is 489. The minimum absolute atomic E-state index is 0.152. The fraction of sp³-hybridized carbons (Fsp3) is 0.471. The molecule has 0 radical (unpaired) electrons. The molecule has 1 aromatic rings. The second kappa shape index (κ2) is 6.12. The van der Waals surface area contributed by atoms with Crippen LogP contribution < -0.4 is 0 Å². The predicted molar refractivity (Wildman–Crippen MR) is 80.5 cm³/mol. The Balaban J connectivity index is 1.62. The first kappa shape index (κ1) is 13.2. The normalized spacial score (nSPS) is 19.7. The zero-order chi connectivity index (χ0) is 13.8. The molecular weight excluding hydrogens is 248 g/mol. The average Bonchev–Trinajstić information content (AvgIpc) is 2.56. The van der Waals surface area contributed by atoms with E-state index in [1.54, 1.807) is 0 Å². The number of carbonyl (C=O) groups excluding carboxylic acids is 1. The highest BCUT2D eigenvalue weighted by Crippen LogP contribution is 2.21. The third-order valence-corrected chi connectivity index (χ3v) is 4.26. The minimum atomic E-state index is 0.152. The van der Waals surface area contributed by atoms with Crippen LogP contribution in [0.1, 0.15) is 36.0 Å². The standard InChI is InChI=1S/C17H22N2O/c20-17(15-7-3-1-4-8-15)19-13-9-16(10-14-19)18-11-5-2-6-12-18/h1,3-4,7-9H,2,5-6,10-14H2. The molecule has 0 bridgehead atoms. The van der Waals surface area contributed by atoms with Crippen molar-refractivity contribution < 1.29 is 4.79 Å². The predicted octanol–water partition coefficient (Wildman–Crippen LogP) is 2.90. The minimum Gasteiger partial charge on any atom is -0.375 e. The average molecular weight is 270 g/mol. The molecule has 0 aliphatic carbocycles. The Hall–Kier alpha value is -1.77. The monoisotopic (exact) mass is 270 g/mol. The number of amides is 1. The van der Waals surface area contributed by atoms with E-state index in [-0.39, 0.29) is 5.91 Å². The van der Waals surface area contributed by atoms with Gasteiger partial charge in [-0.05, 0) is 37.5 Å². The smallest absolute Gasteiger partial charge is 0.254 e. The van der Waals surface area contributed by atoms with Crippen LogP contribution in [0.2, 0.25) is 0 Å². The van der Waals surface area contributed by atoms with Crippen molar-refractivity contribution in [2.75, 3.05) is 26.2 Å². The molecule has 0 unspecified atom stereocenters. The zero-order valence-corrected chi connectivity index (χ0v) is 11.9. The molecule has 0 N–H and O–H groups in total. The summed E-state index contributed by atoms with van der Waals surface area (Å²) in [5, 5.41) is 0. The van der Waals surface area contributed by atoms with Gasteiger partial charge in [0, 0.05) is 43.9 Å². The SMILES string of the molecule is O=C(c1ccccc1)N1CC=C(N2CCCCC2)CC1. The molecule has 3 nitrogen and oxygen atoms in total. The van der Waals surface area contributed by atoms with Gasteiger partial charge in [-0.3, -0.25) is 4.79 Å². The number of carbonyl (C=O) groups is 1. The third kappa shape index (κ3) is 2.87. The van der Waals surface area contributed by atoms with Crippen LogP contribution in [0.4, 0.5) is 0 Å². The molecule has 1 saturated heterocycles. The van der Waals surface area contributed by atoms with Gasteiger partial charge in [-0.2, -0.15) is 0 Å². The molecule has 106 valence electrons. The van der Waals surface area contributed by atoms with Gasteiger partial charge in [0.2, 0.25) is 0 Å². The van der Waals surface area contributed by atoms with E-state index in [2.05, 4.69) is 11.0 Å². The molecule has 2 aliphatic rings. The molecule has 0 saturated carbocycles. The Morgan fingerprint density at radius 1 is 0.950 bits per heavy atom. The topological polar surface area (TPSA) is 23.6 Å². The Morgan fingerprint density at radius 3 is 2.35 bits per heavy atom. The van der Waals surface area contributed by atoms with Gasteiger partial charge in [-0.25, -0.2) is 0 Å². The molecule has 0 spiro atoms. The summed E-state index contributed by atoms with van der Waals surface area (Å²) >= 11 is 0. The highest BCUT2D eigenvalue weighted by molar-refractivity contribution is 5.94. The van der Waals surface area contributed by atoms with Gasteiger partial charge >= 0.3 is 0 Å². The first-order chi connectivity index (χ1) is 9.84. The third-order valence-electron chi connectivity index (χ3n) is 4.26. The van der Waals surface area contributed by atoms with Crippen molar-refractivity contribution >= 4 is 5.91 Å². The van der Waals surface area contributed by atoms with E-state index in [1.807, 2.05) is 35.2 Å². The molecule has 3 heteroatoms. The maximum absolute atomic E-state index is 12.4. The molecule has 1 amide bonds. The molecular formula is C17H22N2O. The van der Waals surface area contributed by atoms with Gasteiger partial charge in [0.1, 0.15) is 0 Å². The number of rotatable bonds is 2. The van der Waals surface area contributed by atoms with Gasteiger partial charge in [-0.1, -0.05) is 18.2 Å². The van der Waals surface area contributed by atoms with E-state index >= 15 is 0 Å². The number of likely N-dealkylation sites (tertiary alicyclic amines) is 1. The van der Waals surface area contributed by atoms with Gasteiger partial charge in [0.05, 0.1) is 0 Å².